The molecule has 0 fully saturated rings. The van der Waals surface area contributed by atoms with Crippen molar-refractivity contribution in [2.24, 2.45) is 5.10 Å². The maximum Gasteiger partial charge on any atom is 0.329 e. The number of methoxy groups -OCH3 is 1. The topological polar surface area (TPSA) is 104 Å². The summed E-state index contributed by atoms with van der Waals surface area (Å²) < 4.78 is 5.06. The molecule has 0 saturated carbocycles. The van der Waals surface area contributed by atoms with E-state index in [9.17, 15) is 14.9 Å². The number of amides is 2. The van der Waals surface area contributed by atoms with Crippen LogP contribution in [0.1, 0.15) is 34.4 Å². The Bertz CT molecular complexity index is 926. The quantitative estimate of drug-likeness (QED) is 0.482. The van der Waals surface area contributed by atoms with E-state index < -0.39 is 11.8 Å². The van der Waals surface area contributed by atoms with Gasteiger partial charge in [-0.1, -0.05) is 0 Å². The Hall–Kier alpha value is -3.18. The fourth-order valence-corrected chi connectivity index (χ4v) is 4.07. The van der Waals surface area contributed by atoms with Gasteiger partial charge in [-0.15, -0.1) is 11.3 Å². The third-order valence-electron chi connectivity index (χ3n) is 4.21. The van der Waals surface area contributed by atoms with E-state index in [1.807, 2.05) is 0 Å². The Morgan fingerprint density at radius 2 is 1.96 bits per heavy atom. The highest BCUT2D eigenvalue weighted by Crippen LogP contribution is 2.37. The van der Waals surface area contributed by atoms with Gasteiger partial charge in [0.15, 0.2) is 0 Å². The summed E-state index contributed by atoms with van der Waals surface area (Å²) in [5.74, 6) is -1.03. The molecule has 0 spiro atoms. The number of rotatable bonds is 4. The fraction of sp³-hybridized carbons (Fsp3) is 0.263. The van der Waals surface area contributed by atoms with E-state index in [4.69, 9.17) is 4.74 Å². The number of benzene rings is 1. The van der Waals surface area contributed by atoms with Crippen molar-refractivity contribution in [3.63, 3.8) is 0 Å². The van der Waals surface area contributed by atoms with Crippen molar-refractivity contribution in [2.75, 3.05) is 12.4 Å². The molecule has 0 bridgehead atoms. The van der Waals surface area contributed by atoms with Crippen molar-refractivity contribution < 1.29 is 14.3 Å². The zero-order valence-corrected chi connectivity index (χ0v) is 15.6. The third kappa shape index (κ3) is 4.33. The van der Waals surface area contributed by atoms with Crippen molar-refractivity contribution in [1.82, 2.24) is 5.43 Å². The summed E-state index contributed by atoms with van der Waals surface area (Å²) >= 11 is 1.37. The van der Waals surface area contributed by atoms with Gasteiger partial charge in [0.25, 0.3) is 0 Å². The molecule has 1 aromatic heterocycles. The molecule has 2 amide bonds. The summed E-state index contributed by atoms with van der Waals surface area (Å²) in [6, 6.07) is 9.21. The van der Waals surface area contributed by atoms with Crippen LogP contribution in [0.25, 0.3) is 0 Å². The van der Waals surface area contributed by atoms with Crippen molar-refractivity contribution >= 4 is 34.4 Å². The molecule has 0 saturated heterocycles. The highest BCUT2D eigenvalue weighted by molar-refractivity contribution is 7.16. The maximum absolute atomic E-state index is 12.1. The molecular formula is C19H18N4O3S. The van der Waals surface area contributed by atoms with Crippen LogP contribution in [-0.2, 0) is 22.4 Å². The Morgan fingerprint density at radius 3 is 2.67 bits per heavy atom. The summed E-state index contributed by atoms with van der Waals surface area (Å²) in [4.78, 5) is 25.2. The number of aryl methyl sites for hydroxylation is 1. The Kier molecular flexibility index (Phi) is 5.84. The maximum atomic E-state index is 12.1. The van der Waals surface area contributed by atoms with Gasteiger partial charge in [0.05, 0.1) is 18.9 Å². The molecule has 2 aromatic rings. The largest absolute Gasteiger partial charge is 0.497 e. The summed E-state index contributed by atoms with van der Waals surface area (Å²) in [6.45, 7) is 0. The number of nitrogens with one attached hydrogen (secondary N) is 2. The van der Waals surface area contributed by atoms with Gasteiger partial charge in [-0.25, -0.2) is 5.43 Å². The number of hydrogen-bond acceptors (Lipinski definition) is 6. The van der Waals surface area contributed by atoms with Crippen LogP contribution >= 0.6 is 11.3 Å². The Balaban J connectivity index is 1.61. The number of nitriles is 1. The molecular weight excluding hydrogens is 364 g/mol. The monoisotopic (exact) mass is 382 g/mol. The van der Waals surface area contributed by atoms with Crippen LogP contribution in [-0.4, -0.2) is 25.1 Å². The van der Waals surface area contributed by atoms with Crippen LogP contribution in [0.2, 0.25) is 0 Å². The van der Waals surface area contributed by atoms with Crippen LogP contribution in [0.3, 0.4) is 0 Å². The Morgan fingerprint density at radius 1 is 1.22 bits per heavy atom. The average molecular weight is 382 g/mol. The van der Waals surface area contributed by atoms with Crippen molar-refractivity contribution in [1.29, 1.82) is 5.26 Å². The van der Waals surface area contributed by atoms with Crippen LogP contribution < -0.4 is 15.5 Å². The lowest BCUT2D eigenvalue weighted by molar-refractivity contribution is -0.136. The first-order valence-electron chi connectivity index (χ1n) is 8.45. The number of carbonyl (C=O) groups is 2. The molecule has 27 heavy (non-hydrogen) atoms. The van der Waals surface area contributed by atoms with Gasteiger partial charge in [0, 0.05) is 4.88 Å². The van der Waals surface area contributed by atoms with Crippen LogP contribution in [0.5, 0.6) is 5.75 Å². The highest BCUT2D eigenvalue weighted by Gasteiger charge is 2.23. The molecule has 0 aliphatic heterocycles. The minimum atomic E-state index is -0.893. The molecule has 8 heteroatoms. The number of carbonyl (C=O) groups excluding carboxylic acids is 2. The first-order chi connectivity index (χ1) is 13.1. The first-order valence-corrected chi connectivity index (χ1v) is 9.27. The molecule has 2 N–H and O–H groups in total. The Labute approximate surface area is 160 Å². The molecule has 0 radical (unpaired) electrons. The lowest BCUT2D eigenvalue weighted by Crippen LogP contribution is -2.32. The predicted molar refractivity (Wildman–Crippen MR) is 103 cm³/mol. The lowest BCUT2D eigenvalue weighted by atomic mass is 9.96. The van der Waals surface area contributed by atoms with E-state index >= 15 is 0 Å². The SMILES string of the molecule is COc1ccc(/C=N/NC(=O)C(=O)Nc2sc3c(c2C#N)CCCC3)cc1. The van der Waals surface area contributed by atoms with E-state index in [1.54, 1.807) is 31.4 Å². The van der Waals surface area contributed by atoms with E-state index in [2.05, 4.69) is 21.9 Å². The molecule has 7 nitrogen and oxygen atoms in total. The number of fused-ring (bicyclic) bond motifs is 1. The second kappa shape index (κ2) is 8.47. The fourth-order valence-electron chi connectivity index (χ4n) is 2.84. The number of nitrogens with zero attached hydrogens (tertiary/aromatic N) is 2. The number of hydrogen-bond donors (Lipinski definition) is 2. The number of ether oxygens (including phenoxy) is 1. The number of thiophene rings is 1. The van der Waals surface area contributed by atoms with E-state index in [0.29, 0.717) is 16.3 Å². The van der Waals surface area contributed by atoms with E-state index in [0.717, 1.165) is 41.7 Å². The zero-order valence-electron chi connectivity index (χ0n) is 14.7. The summed E-state index contributed by atoms with van der Waals surface area (Å²) in [5.41, 5.74) is 4.40. The smallest absolute Gasteiger partial charge is 0.329 e. The van der Waals surface area contributed by atoms with Crippen LogP contribution in [0.15, 0.2) is 29.4 Å². The second-order valence-corrected chi connectivity index (χ2v) is 7.06. The standard InChI is InChI=1S/C19H18N4O3S/c1-26-13-8-6-12(7-9-13)11-21-23-18(25)17(24)22-19-15(10-20)14-4-2-3-5-16(14)27-19/h6-9,11H,2-5H2,1H3,(H,22,24)(H,23,25)/b21-11+. The molecule has 138 valence electrons. The first kappa shape index (κ1) is 18.6. The molecule has 0 atom stereocenters. The van der Waals surface area contributed by atoms with Gasteiger partial charge in [-0.3, -0.25) is 9.59 Å². The number of hydrazone groups is 1. The molecule has 1 aliphatic rings. The molecule has 3 rings (SSSR count). The van der Waals surface area contributed by atoms with Gasteiger partial charge in [0.1, 0.15) is 16.8 Å². The minimum absolute atomic E-state index is 0.434. The van der Waals surface area contributed by atoms with E-state index in [1.165, 1.54) is 17.6 Å². The lowest BCUT2D eigenvalue weighted by Gasteiger charge is -2.09. The van der Waals surface area contributed by atoms with E-state index in [-0.39, 0.29) is 0 Å². The average Bonchev–Trinajstić information content (AvgIpc) is 3.05. The number of anilines is 1. The minimum Gasteiger partial charge on any atom is -0.497 e. The van der Waals surface area contributed by atoms with Gasteiger partial charge >= 0.3 is 11.8 Å². The van der Waals surface area contributed by atoms with Gasteiger partial charge in [-0.2, -0.15) is 10.4 Å². The van der Waals surface area contributed by atoms with Gasteiger partial charge in [-0.05, 0) is 61.1 Å². The van der Waals surface area contributed by atoms with Crippen molar-refractivity contribution in [3.8, 4) is 11.8 Å². The van der Waals surface area contributed by atoms with Gasteiger partial charge < -0.3 is 10.1 Å². The van der Waals surface area contributed by atoms with Crippen molar-refractivity contribution in [2.45, 2.75) is 25.7 Å². The molecule has 1 aromatic carbocycles. The zero-order chi connectivity index (χ0) is 19.2. The summed E-state index contributed by atoms with van der Waals surface area (Å²) in [7, 11) is 1.57. The highest BCUT2D eigenvalue weighted by atomic mass is 32.1. The molecule has 0 unspecified atom stereocenters. The van der Waals surface area contributed by atoms with Crippen LogP contribution in [0.4, 0.5) is 5.00 Å². The summed E-state index contributed by atoms with van der Waals surface area (Å²) in [6.07, 6.45) is 5.28. The third-order valence-corrected chi connectivity index (χ3v) is 5.42. The van der Waals surface area contributed by atoms with Crippen molar-refractivity contribution in [3.05, 3.63) is 45.8 Å². The summed E-state index contributed by atoms with van der Waals surface area (Å²) in [5, 5.41) is 16.1. The molecule has 1 aliphatic carbocycles. The predicted octanol–water partition coefficient (Wildman–Crippen LogP) is 2.60. The normalized spacial score (nSPS) is 12.9. The second-order valence-electron chi connectivity index (χ2n) is 5.95. The molecule has 1 heterocycles. The van der Waals surface area contributed by atoms with Gasteiger partial charge in [0.2, 0.25) is 0 Å². The van der Waals surface area contributed by atoms with Crippen LogP contribution in [0, 0.1) is 11.3 Å².